The molecule has 0 spiro atoms. The fourth-order valence-electron chi connectivity index (χ4n) is 2.54. The second-order valence-corrected chi connectivity index (χ2v) is 6.69. The first kappa shape index (κ1) is 18.0. The first-order valence-electron chi connectivity index (χ1n) is 7.64. The molecule has 4 nitrogen and oxygen atoms in total. The van der Waals surface area contributed by atoms with Crippen LogP contribution in [0, 0.1) is 0 Å². The molecule has 0 aromatic heterocycles. The second-order valence-electron chi connectivity index (χ2n) is 6.28. The van der Waals surface area contributed by atoms with Gasteiger partial charge in [0.15, 0.2) is 0 Å². The van der Waals surface area contributed by atoms with Gasteiger partial charge in [-0.25, -0.2) is 4.79 Å². The number of hydrogen-bond donors (Lipinski definition) is 2. The van der Waals surface area contributed by atoms with Gasteiger partial charge in [0.2, 0.25) is 5.91 Å². The maximum atomic E-state index is 12.2. The van der Waals surface area contributed by atoms with E-state index in [1.165, 1.54) is 6.07 Å². The summed E-state index contributed by atoms with van der Waals surface area (Å²) in [5.41, 5.74) is 1.27. The molecule has 1 amide bonds. The molecule has 0 bridgehead atoms. The van der Waals surface area contributed by atoms with Gasteiger partial charge in [0.1, 0.15) is 0 Å². The van der Waals surface area contributed by atoms with E-state index in [9.17, 15) is 14.7 Å². The zero-order valence-electron chi connectivity index (χ0n) is 13.7. The molecule has 0 aliphatic heterocycles. The van der Waals surface area contributed by atoms with E-state index in [0.29, 0.717) is 17.1 Å². The van der Waals surface area contributed by atoms with Gasteiger partial charge in [0.05, 0.1) is 12.0 Å². The molecule has 2 rings (SSSR count). The second kappa shape index (κ2) is 7.49. The van der Waals surface area contributed by atoms with Gasteiger partial charge in [0.25, 0.3) is 0 Å². The molecule has 0 saturated carbocycles. The summed E-state index contributed by atoms with van der Waals surface area (Å²) in [5.74, 6) is -1.25. The van der Waals surface area contributed by atoms with Crippen molar-refractivity contribution in [3.63, 3.8) is 0 Å². The average Bonchev–Trinajstić information content (AvgIpc) is 2.53. The zero-order valence-corrected chi connectivity index (χ0v) is 14.4. The predicted octanol–water partition coefficient (Wildman–Crippen LogP) is 3.67. The topological polar surface area (TPSA) is 66.4 Å². The number of benzene rings is 2. The number of rotatable bonds is 6. The number of nitrogens with one attached hydrogen (secondary N) is 1. The van der Waals surface area contributed by atoms with Crippen molar-refractivity contribution in [3.8, 4) is 0 Å². The van der Waals surface area contributed by atoms with Crippen molar-refractivity contribution < 1.29 is 14.7 Å². The van der Waals surface area contributed by atoms with Crippen LogP contribution in [-0.4, -0.2) is 23.5 Å². The van der Waals surface area contributed by atoms with Gasteiger partial charge in [-0.1, -0.05) is 61.8 Å². The highest BCUT2D eigenvalue weighted by molar-refractivity contribution is 6.31. The molecule has 0 saturated heterocycles. The Morgan fingerprint density at radius 1 is 1.08 bits per heavy atom. The summed E-state index contributed by atoms with van der Waals surface area (Å²) in [7, 11) is 0. The molecular weight excluding hydrogens is 326 g/mol. The van der Waals surface area contributed by atoms with Gasteiger partial charge in [-0.15, -0.1) is 0 Å². The van der Waals surface area contributed by atoms with E-state index < -0.39 is 5.97 Å². The molecule has 0 unspecified atom stereocenters. The summed E-state index contributed by atoms with van der Waals surface area (Å²) in [6.45, 7) is 4.41. The van der Waals surface area contributed by atoms with Gasteiger partial charge >= 0.3 is 5.97 Å². The van der Waals surface area contributed by atoms with Crippen LogP contribution in [-0.2, 0) is 16.6 Å². The minimum Gasteiger partial charge on any atom is -0.478 e. The molecular formula is C19H20ClNO3. The van der Waals surface area contributed by atoms with Crippen LogP contribution in [0.4, 0.5) is 0 Å². The van der Waals surface area contributed by atoms with Crippen molar-refractivity contribution in [1.82, 2.24) is 5.32 Å². The van der Waals surface area contributed by atoms with Gasteiger partial charge in [-0.2, -0.15) is 0 Å². The van der Waals surface area contributed by atoms with E-state index in [1.807, 2.05) is 38.1 Å². The van der Waals surface area contributed by atoms with Gasteiger partial charge in [0, 0.05) is 17.0 Å². The van der Waals surface area contributed by atoms with E-state index in [2.05, 4.69) is 5.32 Å². The minimum absolute atomic E-state index is 0.0288. The lowest BCUT2D eigenvalue weighted by Gasteiger charge is -2.26. The maximum Gasteiger partial charge on any atom is 0.335 e. The number of carboxylic acid groups (broad SMARTS) is 1. The van der Waals surface area contributed by atoms with E-state index in [4.69, 9.17) is 11.6 Å². The number of aromatic carboxylic acids is 1. The third-order valence-corrected chi connectivity index (χ3v) is 4.26. The van der Waals surface area contributed by atoms with Crippen LogP contribution in [0.15, 0.2) is 48.5 Å². The lowest BCUT2D eigenvalue weighted by Crippen LogP contribution is -2.37. The van der Waals surface area contributed by atoms with E-state index in [-0.39, 0.29) is 23.3 Å². The normalized spacial score (nSPS) is 11.1. The molecule has 2 aromatic rings. The van der Waals surface area contributed by atoms with Crippen molar-refractivity contribution >= 4 is 23.5 Å². The largest absolute Gasteiger partial charge is 0.478 e. The summed E-state index contributed by atoms with van der Waals surface area (Å²) < 4.78 is 0. The molecule has 0 heterocycles. The third-order valence-electron chi connectivity index (χ3n) is 3.93. The van der Waals surface area contributed by atoms with Crippen LogP contribution in [0.3, 0.4) is 0 Å². The lowest BCUT2D eigenvalue weighted by molar-refractivity contribution is -0.120. The number of carbonyl (C=O) groups is 2. The zero-order chi connectivity index (χ0) is 17.7. The first-order chi connectivity index (χ1) is 11.3. The van der Waals surface area contributed by atoms with E-state index in [0.717, 1.165) is 5.56 Å². The van der Waals surface area contributed by atoms with Crippen molar-refractivity contribution in [2.75, 3.05) is 6.54 Å². The van der Waals surface area contributed by atoms with Crippen molar-refractivity contribution in [2.24, 2.45) is 0 Å². The molecule has 24 heavy (non-hydrogen) atoms. The highest BCUT2D eigenvalue weighted by Crippen LogP contribution is 2.29. The van der Waals surface area contributed by atoms with Gasteiger partial charge < -0.3 is 10.4 Å². The minimum atomic E-state index is -1.03. The summed E-state index contributed by atoms with van der Waals surface area (Å²) in [5, 5.41) is 12.7. The van der Waals surface area contributed by atoms with Crippen LogP contribution in [0.1, 0.15) is 35.3 Å². The molecule has 126 valence electrons. The maximum absolute atomic E-state index is 12.2. The van der Waals surface area contributed by atoms with Crippen LogP contribution in [0.25, 0.3) is 0 Å². The van der Waals surface area contributed by atoms with Crippen molar-refractivity contribution in [2.45, 2.75) is 25.7 Å². The lowest BCUT2D eigenvalue weighted by atomic mass is 9.84. The highest BCUT2D eigenvalue weighted by Gasteiger charge is 2.24. The summed E-state index contributed by atoms with van der Waals surface area (Å²) >= 11 is 6.23. The molecule has 2 N–H and O–H groups in total. The summed E-state index contributed by atoms with van der Waals surface area (Å²) in [6.07, 6.45) is 0.0288. The smallest absolute Gasteiger partial charge is 0.335 e. The van der Waals surface area contributed by atoms with Crippen molar-refractivity contribution in [1.29, 1.82) is 0 Å². The Morgan fingerprint density at radius 3 is 2.38 bits per heavy atom. The average molecular weight is 346 g/mol. The number of amides is 1. The Balaban J connectivity index is 2.04. The summed E-state index contributed by atoms with van der Waals surface area (Å²) in [4.78, 5) is 23.4. The Hall–Kier alpha value is -2.33. The molecule has 5 heteroatoms. The van der Waals surface area contributed by atoms with Gasteiger partial charge in [-0.05, 0) is 23.3 Å². The number of carbonyl (C=O) groups excluding carboxylic acids is 1. The molecule has 0 aliphatic rings. The van der Waals surface area contributed by atoms with E-state index >= 15 is 0 Å². The van der Waals surface area contributed by atoms with Crippen LogP contribution in [0.5, 0.6) is 0 Å². The molecule has 0 fully saturated rings. The monoisotopic (exact) mass is 345 g/mol. The van der Waals surface area contributed by atoms with E-state index in [1.54, 1.807) is 18.2 Å². The standard InChI is InChI=1S/C19H20ClNO3/c1-19(2,15-9-5-6-10-16(15)20)12-21-17(22)11-13-7-3-4-8-14(13)18(23)24/h3-10H,11-12H2,1-2H3,(H,21,22)(H,23,24). The first-order valence-corrected chi connectivity index (χ1v) is 8.02. The summed E-state index contributed by atoms with van der Waals surface area (Å²) in [6, 6.07) is 14.1. The van der Waals surface area contributed by atoms with Crippen molar-refractivity contribution in [3.05, 3.63) is 70.2 Å². The third kappa shape index (κ3) is 4.36. The Morgan fingerprint density at radius 2 is 1.71 bits per heavy atom. The fourth-order valence-corrected chi connectivity index (χ4v) is 2.93. The molecule has 0 atom stereocenters. The Labute approximate surface area is 146 Å². The SMILES string of the molecule is CC(C)(CNC(=O)Cc1ccccc1C(=O)O)c1ccccc1Cl. The number of carboxylic acids is 1. The molecule has 2 aromatic carbocycles. The van der Waals surface area contributed by atoms with Crippen LogP contribution < -0.4 is 5.32 Å². The Bertz CT molecular complexity index is 756. The predicted molar refractivity (Wildman–Crippen MR) is 94.6 cm³/mol. The van der Waals surface area contributed by atoms with Crippen LogP contribution >= 0.6 is 11.6 Å². The number of halogens is 1. The molecule has 0 aliphatic carbocycles. The Kier molecular flexibility index (Phi) is 5.62. The van der Waals surface area contributed by atoms with Crippen LogP contribution in [0.2, 0.25) is 5.02 Å². The molecule has 0 radical (unpaired) electrons. The number of hydrogen-bond acceptors (Lipinski definition) is 2. The highest BCUT2D eigenvalue weighted by atomic mass is 35.5. The quantitative estimate of drug-likeness (QED) is 0.839. The fraction of sp³-hybridized carbons (Fsp3) is 0.263. The van der Waals surface area contributed by atoms with Gasteiger partial charge in [-0.3, -0.25) is 4.79 Å².